The first-order chi connectivity index (χ1) is 9.40. The Labute approximate surface area is 120 Å². The molecule has 1 fully saturated rings. The normalized spacial score (nSPS) is 21.2. The number of piperazine rings is 1. The molecule has 122 valence electrons. The molecule has 0 aliphatic carbocycles. The van der Waals surface area contributed by atoms with E-state index in [0.717, 1.165) is 9.80 Å². The molecule has 1 N–H and O–H groups in total. The van der Waals surface area contributed by atoms with E-state index in [9.17, 15) is 22.8 Å². The molecule has 0 bridgehead atoms. The van der Waals surface area contributed by atoms with E-state index < -0.39 is 43.0 Å². The second-order valence-corrected chi connectivity index (χ2v) is 5.85. The predicted molar refractivity (Wildman–Crippen MR) is 66.9 cm³/mol. The summed E-state index contributed by atoms with van der Waals surface area (Å²) in [7, 11) is 0. The third-order valence-corrected chi connectivity index (χ3v) is 2.86. The van der Waals surface area contributed by atoms with Crippen molar-refractivity contribution in [3.05, 3.63) is 0 Å². The Balaban J connectivity index is 2.79. The molecule has 1 aliphatic rings. The Kier molecular flexibility index (Phi) is 5.08. The fourth-order valence-corrected chi connectivity index (χ4v) is 1.99. The number of nitrogens with zero attached hydrogens (tertiary/aromatic N) is 2. The van der Waals surface area contributed by atoms with Gasteiger partial charge in [0, 0.05) is 19.6 Å². The van der Waals surface area contributed by atoms with E-state index in [-0.39, 0.29) is 13.1 Å². The number of carboxylic acids is 1. The van der Waals surface area contributed by atoms with Crippen LogP contribution in [0.2, 0.25) is 0 Å². The van der Waals surface area contributed by atoms with Crippen LogP contribution in [-0.2, 0) is 9.53 Å². The zero-order valence-electron chi connectivity index (χ0n) is 12.1. The van der Waals surface area contributed by atoms with Gasteiger partial charge in [0.1, 0.15) is 11.6 Å². The number of aliphatic carboxylic acids is 1. The summed E-state index contributed by atoms with van der Waals surface area (Å²) in [6, 6.07) is -2.00. The SMILES string of the molecule is CC(C)(C)OC(=O)N1CCN(CC(=O)O)C(C(F)(F)F)C1. The minimum absolute atomic E-state index is 0.00519. The molecule has 0 aromatic carbocycles. The molecule has 6 nitrogen and oxygen atoms in total. The Morgan fingerprint density at radius 3 is 2.24 bits per heavy atom. The molecule has 0 saturated carbocycles. The van der Waals surface area contributed by atoms with Crippen molar-refractivity contribution < 1.29 is 32.6 Å². The van der Waals surface area contributed by atoms with Gasteiger partial charge >= 0.3 is 18.2 Å². The molecule has 0 aromatic rings. The van der Waals surface area contributed by atoms with E-state index in [1.807, 2.05) is 0 Å². The van der Waals surface area contributed by atoms with Gasteiger partial charge in [0.05, 0.1) is 6.54 Å². The fraction of sp³-hybridized carbons (Fsp3) is 0.833. The van der Waals surface area contributed by atoms with Crippen LogP contribution >= 0.6 is 0 Å². The van der Waals surface area contributed by atoms with Crippen molar-refractivity contribution in [1.82, 2.24) is 9.80 Å². The second-order valence-electron chi connectivity index (χ2n) is 5.85. The van der Waals surface area contributed by atoms with Crippen LogP contribution in [0.4, 0.5) is 18.0 Å². The molecule has 1 amide bonds. The number of hydrogen-bond donors (Lipinski definition) is 1. The van der Waals surface area contributed by atoms with Crippen molar-refractivity contribution in [2.75, 3.05) is 26.2 Å². The molecule has 1 aliphatic heterocycles. The smallest absolute Gasteiger partial charge is 0.410 e. The number of carbonyl (C=O) groups excluding carboxylic acids is 1. The maximum Gasteiger partial charge on any atom is 0.410 e. The zero-order valence-corrected chi connectivity index (χ0v) is 12.1. The molecule has 21 heavy (non-hydrogen) atoms. The highest BCUT2D eigenvalue weighted by Gasteiger charge is 2.48. The number of carbonyl (C=O) groups is 2. The summed E-state index contributed by atoms with van der Waals surface area (Å²) in [6.45, 7) is 3.33. The molecular formula is C12H19F3N2O4. The highest BCUT2D eigenvalue weighted by Crippen LogP contribution is 2.28. The molecule has 0 spiro atoms. The second kappa shape index (κ2) is 6.08. The van der Waals surface area contributed by atoms with Gasteiger partial charge < -0.3 is 14.7 Å². The van der Waals surface area contributed by atoms with Crippen molar-refractivity contribution in [3.63, 3.8) is 0 Å². The molecule has 0 aromatic heterocycles. The quantitative estimate of drug-likeness (QED) is 0.838. The van der Waals surface area contributed by atoms with Gasteiger partial charge in [-0.05, 0) is 20.8 Å². The number of rotatable bonds is 2. The van der Waals surface area contributed by atoms with Crippen LogP contribution < -0.4 is 0 Å². The van der Waals surface area contributed by atoms with Gasteiger partial charge in [0.2, 0.25) is 0 Å². The van der Waals surface area contributed by atoms with Crippen LogP contribution in [0.1, 0.15) is 20.8 Å². The zero-order chi connectivity index (χ0) is 16.4. The van der Waals surface area contributed by atoms with Crippen LogP contribution in [0.5, 0.6) is 0 Å². The van der Waals surface area contributed by atoms with Crippen molar-refractivity contribution in [2.45, 2.75) is 38.6 Å². The lowest BCUT2D eigenvalue weighted by molar-refractivity contribution is -0.197. The molecule has 1 heterocycles. The number of alkyl halides is 3. The molecular weight excluding hydrogens is 293 g/mol. The fourth-order valence-electron chi connectivity index (χ4n) is 1.99. The van der Waals surface area contributed by atoms with Crippen molar-refractivity contribution in [3.8, 4) is 0 Å². The molecule has 9 heteroatoms. The maximum absolute atomic E-state index is 13.0. The number of hydrogen-bond acceptors (Lipinski definition) is 4. The first kappa shape index (κ1) is 17.5. The summed E-state index contributed by atoms with van der Waals surface area (Å²) in [5, 5.41) is 8.66. The topological polar surface area (TPSA) is 70.1 Å². The lowest BCUT2D eigenvalue weighted by Crippen LogP contribution is -2.61. The first-order valence-corrected chi connectivity index (χ1v) is 6.40. The third-order valence-electron chi connectivity index (χ3n) is 2.86. The summed E-state index contributed by atoms with van der Waals surface area (Å²) in [5.74, 6) is -1.34. The highest BCUT2D eigenvalue weighted by atomic mass is 19.4. The number of carboxylic acid groups (broad SMARTS) is 1. The van der Waals surface area contributed by atoms with Gasteiger partial charge in [0.15, 0.2) is 0 Å². The van der Waals surface area contributed by atoms with Gasteiger partial charge in [-0.3, -0.25) is 9.69 Å². The van der Waals surface area contributed by atoms with Gasteiger partial charge in [-0.15, -0.1) is 0 Å². The summed E-state index contributed by atoms with van der Waals surface area (Å²) in [6.07, 6.45) is -5.44. The summed E-state index contributed by atoms with van der Waals surface area (Å²) < 4.78 is 44.0. The Morgan fingerprint density at radius 2 is 1.81 bits per heavy atom. The number of amides is 1. The largest absolute Gasteiger partial charge is 0.480 e. The molecule has 1 saturated heterocycles. The van der Waals surface area contributed by atoms with E-state index >= 15 is 0 Å². The summed E-state index contributed by atoms with van der Waals surface area (Å²) >= 11 is 0. The average Bonchev–Trinajstić information content (AvgIpc) is 2.24. The van der Waals surface area contributed by atoms with Gasteiger partial charge in [-0.2, -0.15) is 13.2 Å². The Hall–Kier alpha value is -1.51. The average molecular weight is 312 g/mol. The number of ether oxygens (including phenoxy) is 1. The molecule has 1 atom stereocenters. The molecule has 1 rings (SSSR count). The predicted octanol–water partition coefficient (Wildman–Crippen LogP) is 1.55. The first-order valence-electron chi connectivity index (χ1n) is 6.40. The van der Waals surface area contributed by atoms with E-state index in [1.54, 1.807) is 20.8 Å². The van der Waals surface area contributed by atoms with Crippen LogP contribution in [0.3, 0.4) is 0 Å². The van der Waals surface area contributed by atoms with E-state index in [4.69, 9.17) is 9.84 Å². The Morgan fingerprint density at radius 1 is 1.24 bits per heavy atom. The lowest BCUT2D eigenvalue weighted by Gasteiger charge is -2.41. The number of halogens is 3. The minimum atomic E-state index is -4.61. The Bertz CT molecular complexity index is 406. The van der Waals surface area contributed by atoms with E-state index in [0.29, 0.717) is 0 Å². The van der Waals surface area contributed by atoms with Gasteiger partial charge in [0.25, 0.3) is 0 Å². The van der Waals surface area contributed by atoms with E-state index in [1.165, 1.54) is 0 Å². The monoisotopic (exact) mass is 312 g/mol. The van der Waals surface area contributed by atoms with E-state index in [2.05, 4.69) is 0 Å². The molecule has 0 radical (unpaired) electrons. The molecule has 1 unspecified atom stereocenters. The summed E-state index contributed by atoms with van der Waals surface area (Å²) in [4.78, 5) is 24.2. The highest BCUT2D eigenvalue weighted by molar-refractivity contribution is 5.70. The van der Waals surface area contributed by atoms with Crippen molar-refractivity contribution in [1.29, 1.82) is 0 Å². The van der Waals surface area contributed by atoms with Crippen LogP contribution in [-0.4, -0.2) is 71.0 Å². The van der Waals surface area contributed by atoms with Crippen molar-refractivity contribution >= 4 is 12.1 Å². The van der Waals surface area contributed by atoms with Crippen LogP contribution in [0.25, 0.3) is 0 Å². The van der Waals surface area contributed by atoms with Gasteiger partial charge in [-0.25, -0.2) is 4.79 Å². The van der Waals surface area contributed by atoms with Crippen LogP contribution in [0.15, 0.2) is 0 Å². The third kappa shape index (κ3) is 5.41. The summed E-state index contributed by atoms with van der Waals surface area (Å²) in [5.41, 5.74) is -0.803. The maximum atomic E-state index is 13.0. The van der Waals surface area contributed by atoms with Crippen molar-refractivity contribution in [2.24, 2.45) is 0 Å². The lowest BCUT2D eigenvalue weighted by atomic mass is 10.1. The standard InChI is InChI=1S/C12H19F3N2O4/c1-11(2,3)21-10(20)17-5-4-16(7-9(18)19)8(6-17)12(13,14)15/h8H,4-7H2,1-3H3,(H,18,19). The minimum Gasteiger partial charge on any atom is -0.480 e. The van der Waals surface area contributed by atoms with Crippen LogP contribution in [0, 0.1) is 0 Å². The van der Waals surface area contributed by atoms with Gasteiger partial charge in [-0.1, -0.05) is 0 Å².